The summed E-state index contributed by atoms with van der Waals surface area (Å²) in [5.41, 5.74) is -0.779. The zero-order valence-electron chi connectivity index (χ0n) is 10.2. The van der Waals surface area contributed by atoms with E-state index in [0.29, 0.717) is 0 Å². The molecule has 0 radical (unpaired) electrons. The van der Waals surface area contributed by atoms with Gasteiger partial charge >= 0.3 is 0 Å². The average molecular weight is 229 g/mol. The highest BCUT2D eigenvalue weighted by atomic mass is 16.3. The maximum Gasteiger partial charge on any atom is 0.249 e. The average Bonchev–Trinajstić information content (AvgIpc) is 2.29. The molecule has 16 heavy (non-hydrogen) atoms. The SMILES string of the molecule is CC(C)(CO)[C@H](O)C(=O)NC1CCCCC1. The number of aliphatic hydroxyl groups excluding tert-OH is 2. The van der Waals surface area contributed by atoms with Crippen molar-refractivity contribution < 1.29 is 15.0 Å². The molecule has 0 aromatic heterocycles. The third-order valence-electron chi connectivity index (χ3n) is 3.35. The van der Waals surface area contributed by atoms with E-state index in [1.165, 1.54) is 6.42 Å². The smallest absolute Gasteiger partial charge is 0.249 e. The van der Waals surface area contributed by atoms with Gasteiger partial charge in [-0.05, 0) is 12.8 Å². The molecule has 0 saturated heterocycles. The van der Waals surface area contributed by atoms with Gasteiger partial charge in [-0.3, -0.25) is 4.79 Å². The summed E-state index contributed by atoms with van der Waals surface area (Å²) in [5, 5.41) is 21.7. The van der Waals surface area contributed by atoms with E-state index in [-0.39, 0.29) is 18.6 Å². The summed E-state index contributed by atoms with van der Waals surface area (Å²) in [6, 6.07) is 0.199. The number of aliphatic hydroxyl groups is 2. The molecule has 4 nitrogen and oxygen atoms in total. The Morgan fingerprint density at radius 3 is 2.44 bits per heavy atom. The molecule has 1 fully saturated rings. The van der Waals surface area contributed by atoms with Gasteiger partial charge in [-0.15, -0.1) is 0 Å². The molecule has 0 heterocycles. The largest absolute Gasteiger partial charge is 0.396 e. The highest BCUT2D eigenvalue weighted by Crippen LogP contribution is 2.21. The predicted molar refractivity (Wildman–Crippen MR) is 61.9 cm³/mol. The topological polar surface area (TPSA) is 69.6 Å². The first-order valence-corrected chi connectivity index (χ1v) is 6.06. The molecule has 1 amide bonds. The van der Waals surface area contributed by atoms with E-state index in [1.807, 2.05) is 0 Å². The van der Waals surface area contributed by atoms with Gasteiger partial charge in [-0.2, -0.15) is 0 Å². The summed E-state index contributed by atoms with van der Waals surface area (Å²) in [7, 11) is 0. The zero-order chi connectivity index (χ0) is 12.2. The molecule has 0 aromatic carbocycles. The Balaban J connectivity index is 2.44. The van der Waals surface area contributed by atoms with E-state index >= 15 is 0 Å². The molecule has 0 aliphatic heterocycles. The van der Waals surface area contributed by atoms with Gasteiger partial charge in [0.2, 0.25) is 5.91 Å². The number of nitrogens with one attached hydrogen (secondary N) is 1. The first-order chi connectivity index (χ1) is 7.47. The Kier molecular flexibility index (Phi) is 4.74. The third-order valence-corrected chi connectivity index (χ3v) is 3.35. The molecule has 1 aliphatic rings. The van der Waals surface area contributed by atoms with E-state index in [2.05, 4.69) is 5.32 Å². The molecular formula is C12H23NO3. The predicted octanol–water partition coefficient (Wildman–Crippen LogP) is 0.815. The summed E-state index contributed by atoms with van der Waals surface area (Å²) in [6.07, 6.45) is 4.38. The molecule has 94 valence electrons. The Hall–Kier alpha value is -0.610. The number of amides is 1. The number of hydrogen-bond acceptors (Lipinski definition) is 3. The summed E-state index contributed by atoms with van der Waals surface area (Å²) >= 11 is 0. The van der Waals surface area contributed by atoms with E-state index in [1.54, 1.807) is 13.8 Å². The molecule has 0 bridgehead atoms. The number of carbonyl (C=O) groups excluding carboxylic acids is 1. The van der Waals surface area contributed by atoms with Gasteiger partial charge in [0.05, 0.1) is 6.61 Å². The molecule has 1 rings (SSSR count). The maximum absolute atomic E-state index is 11.7. The summed E-state index contributed by atoms with van der Waals surface area (Å²) in [6.45, 7) is 3.16. The Morgan fingerprint density at radius 2 is 1.94 bits per heavy atom. The molecule has 0 unspecified atom stereocenters. The summed E-state index contributed by atoms with van der Waals surface area (Å²) < 4.78 is 0. The lowest BCUT2D eigenvalue weighted by atomic mass is 9.86. The van der Waals surface area contributed by atoms with Gasteiger partial charge in [0, 0.05) is 11.5 Å². The monoisotopic (exact) mass is 229 g/mol. The van der Waals surface area contributed by atoms with Crippen LogP contribution in [0.2, 0.25) is 0 Å². The van der Waals surface area contributed by atoms with E-state index < -0.39 is 11.5 Å². The first-order valence-electron chi connectivity index (χ1n) is 6.06. The van der Waals surface area contributed by atoms with Gasteiger partial charge in [-0.25, -0.2) is 0 Å². The Morgan fingerprint density at radius 1 is 1.38 bits per heavy atom. The molecule has 1 atom stereocenters. The fourth-order valence-corrected chi connectivity index (χ4v) is 1.97. The van der Waals surface area contributed by atoms with Crippen LogP contribution in [0.4, 0.5) is 0 Å². The third kappa shape index (κ3) is 3.46. The molecule has 3 N–H and O–H groups in total. The van der Waals surface area contributed by atoms with Gasteiger partial charge in [0.1, 0.15) is 6.10 Å². The zero-order valence-corrected chi connectivity index (χ0v) is 10.2. The molecule has 4 heteroatoms. The van der Waals surface area contributed by atoms with Crippen molar-refractivity contribution in [2.45, 2.75) is 58.1 Å². The van der Waals surface area contributed by atoms with E-state index in [0.717, 1.165) is 25.7 Å². The Labute approximate surface area is 97.0 Å². The first kappa shape index (κ1) is 13.5. The van der Waals surface area contributed by atoms with Crippen LogP contribution in [0.1, 0.15) is 46.0 Å². The van der Waals surface area contributed by atoms with Gasteiger partial charge < -0.3 is 15.5 Å². The van der Waals surface area contributed by atoms with Gasteiger partial charge in [0.15, 0.2) is 0 Å². The van der Waals surface area contributed by atoms with Crippen molar-refractivity contribution in [1.82, 2.24) is 5.32 Å². The van der Waals surface area contributed by atoms with Gasteiger partial charge in [0.25, 0.3) is 0 Å². The fourth-order valence-electron chi connectivity index (χ4n) is 1.97. The lowest BCUT2D eigenvalue weighted by molar-refractivity contribution is -0.138. The highest BCUT2D eigenvalue weighted by Gasteiger charge is 2.33. The lowest BCUT2D eigenvalue weighted by Crippen LogP contribution is -2.49. The highest BCUT2D eigenvalue weighted by molar-refractivity contribution is 5.81. The summed E-state index contributed by atoms with van der Waals surface area (Å²) in [5.74, 6) is -0.356. The minimum Gasteiger partial charge on any atom is -0.396 e. The standard InChI is InChI=1S/C12H23NO3/c1-12(2,8-14)10(15)11(16)13-9-6-4-3-5-7-9/h9-10,14-15H,3-8H2,1-2H3,(H,13,16)/t10-/m1/s1. The maximum atomic E-state index is 11.7. The van der Waals surface area contributed by atoms with Crippen LogP contribution in [-0.2, 0) is 4.79 Å². The van der Waals surface area contributed by atoms with E-state index in [9.17, 15) is 9.90 Å². The molecule has 0 aromatic rings. The van der Waals surface area contributed by atoms with Crippen LogP contribution in [-0.4, -0.2) is 34.9 Å². The van der Waals surface area contributed by atoms with E-state index in [4.69, 9.17) is 5.11 Å². The quantitative estimate of drug-likeness (QED) is 0.668. The van der Waals surface area contributed by atoms with Crippen LogP contribution in [0.3, 0.4) is 0 Å². The molecular weight excluding hydrogens is 206 g/mol. The van der Waals surface area contributed by atoms with Gasteiger partial charge in [-0.1, -0.05) is 33.1 Å². The number of carbonyl (C=O) groups is 1. The van der Waals surface area contributed by atoms with Crippen molar-refractivity contribution in [3.05, 3.63) is 0 Å². The van der Waals surface area contributed by atoms with Crippen LogP contribution in [0.25, 0.3) is 0 Å². The van der Waals surface area contributed by atoms with Crippen molar-refractivity contribution in [3.8, 4) is 0 Å². The van der Waals surface area contributed by atoms with Crippen LogP contribution in [0.15, 0.2) is 0 Å². The fraction of sp³-hybridized carbons (Fsp3) is 0.917. The normalized spacial score (nSPS) is 20.5. The minimum atomic E-state index is -1.14. The number of hydrogen-bond donors (Lipinski definition) is 3. The molecule has 1 saturated carbocycles. The van der Waals surface area contributed by atoms with Crippen LogP contribution >= 0.6 is 0 Å². The Bertz CT molecular complexity index is 234. The second-order valence-electron chi connectivity index (χ2n) is 5.39. The molecule has 1 aliphatic carbocycles. The van der Waals surface area contributed by atoms with Crippen molar-refractivity contribution in [2.24, 2.45) is 5.41 Å². The minimum absolute atomic E-state index is 0.199. The van der Waals surface area contributed by atoms with Crippen molar-refractivity contribution >= 4 is 5.91 Å². The van der Waals surface area contributed by atoms with Crippen LogP contribution < -0.4 is 5.32 Å². The number of rotatable bonds is 4. The van der Waals surface area contributed by atoms with Crippen LogP contribution in [0, 0.1) is 5.41 Å². The molecule has 0 spiro atoms. The second kappa shape index (κ2) is 5.64. The lowest BCUT2D eigenvalue weighted by Gasteiger charge is -2.30. The van der Waals surface area contributed by atoms with Crippen molar-refractivity contribution in [3.63, 3.8) is 0 Å². The van der Waals surface area contributed by atoms with Crippen LogP contribution in [0.5, 0.6) is 0 Å². The van der Waals surface area contributed by atoms with Crippen molar-refractivity contribution in [2.75, 3.05) is 6.61 Å². The van der Waals surface area contributed by atoms with Crippen molar-refractivity contribution in [1.29, 1.82) is 0 Å². The summed E-state index contributed by atoms with van der Waals surface area (Å²) in [4.78, 5) is 11.7. The second-order valence-corrected chi connectivity index (χ2v) is 5.39.